The Hall–Kier alpha value is -4.67. The number of likely N-dealkylation sites (tertiary alicyclic amines) is 1. The number of amides is 1. The van der Waals surface area contributed by atoms with E-state index in [2.05, 4.69) is 83.3 Å². The number of anilines is 1. The van der Waals surface area contributed by atoms with Crippen molar-refractivity contribution in [3.8, 4) is 28.7 Å². The predicted molar refractivity (Wildman–Crippen MR) is 225 cm³/mol. The minimum absolute atomic E-state index is 0.0146. The van der Waals surface area contributed by atoms with Crippen molar-refractivity contribution in [2.24, 2.45) is 10.6 Å². The molecule has 1 saturated carbocycles. The number of hydrogen-bond donors (Lipinski definition) is 1. The summed E-state index contributed by atoms with van der Waals surface area (Å²) in [5.41, 5.74) is 5.57. The van der Waals surface area contributed by atoms with E-state index in [-0.39, 0.29) is 33.8 Å². The van der Waals surface area contributed by atoms with Gasteiger partial charge in [0, 0.05) is 72.3 Å². The first-order chi connectivity index (χ1) is 26.9. The van der Waals surface area contributed by atoms with E-state index in [1.807, 2.05) is 0 Å². The highest BCUT2D eigenvalue weighted by Crippen LogP contribution is 2.47. The Balaban J connectivity index is 1.41. The second kappa shape index (κ2) is 16.7. The van der Waals surface area contributed by atoms with Crippen molar-refractivity contribution in [3.63, 3.8) is 0 Å². The van der Waals surface area contributed by atoms with Crippen molar-refractivity contribution in [2.45, 2.75) is 110 Å². The normalized spacial score (nSPS) is 15.9. The number of rotatable bonds is 11. The number of halogens is 2. The summed E-state index contributed by atoms with van der Waals surface area (Å²) in [4.78, 5) is 33.8. The molecule has 0 atom stereocenters. The minimum atomic E-state index is -2.30. The van der Waals surface area contributed by atoms with Crippen molar-refractivity contribution in [2.75, 3.05) is 38.7 Å². The molecule has 4 aromatic rings. The van der Waals surface area contributed by atoms with Crippen LogP contribution in [-0.4, -0.2) is 78.7 Å². The molecule has 0 radical (unpaired) electrons. The number of nitrogens with zero attached hydrogens (tertiary/aromatic N) is 5. The molecule has 0 unspecified atom stereocenters. The highest BCUT2D eigenvalue weighted by Gasteiger charge is 2.45. The SMILES string of the molecule is CON=C1CCN(CC2(COc3ncc4cnc(-c5cc(NC(=O)OC(C)(C)C)cc6ccc(F)c(C#C[Si](C(C)C)(C(C)C)C(C)C)c56)c(F)c4n3)CC2)CC1. The maximum absolute atomic E-state index is 17.0. The largest absolute Gasteiger partial charge is 0.463 e. The monoisotopic (exact) mass is 798 g/mol. The highest BCUT2D eigenvalue weighted by atomic mass is 28.3. The number of pyridine rings is 1. The van der Waals surface area contributed by atoms with Crippen molar-refractivity contribution < 1.29 is 27.9 Å². The molecule has 10 nitrogen and oxygen atoms in total. The van der Waals surface area contributed by atoms with E-state index in [0.29, 0.717) is 45.1 Å². The Morgan fingerprint density at radius 2 is 1.67 bits per heavy atom. The van der Waals surface area contributed by atoms with Gasteiger partial charge in [-0.25, -0.2) is 18.6 Å². The van der Waals surface area contributed by atoms with E-state index in [1.165, 1.54) is 18.5 Å². The summed E-state index contributed by atoms with van der Waals surface area (Å²) >= 11 is 0. The summed E-state index contributed by atoms with van der Waals surface area (Å²) in [6.07, 6.45) is 6.11. The van der Waals surface area contributed by atoms with E-state index in [1.54, 1.807) is 46.1 Å². The van der Waals surface area contributed by atoms with Crippen molar-refractivity contribution in [1.82, 2.24) is 19.9 Å². The maximum atomic E-state index is 17.0. The van der Waals surface area contributed by atoms with Gasteiger partial charge in [-0.05, 0) is 73.8 Å². The van der Waals surface area contributed by atoms with Gasteiger partial charge in [0.15, 0.2) is 5.82 Å². The first-order valence-corrected chi connectivity index (χ1v) is 22.2. The number of nitrogens with one attached hydrogen (secondary N) is 1. The lowest BCUT2D eigenvalue weighted by Crippen LogP contribution is -2.43. The maximum Gasteiger partial charge on any atom is 0.412 e. The first-order valence-electron chi connectivity index (χ1n) is 20.0. The summed E-state index contributed by atoms with van der Waals surface area (Å²) in [5, 5.41) is 8.22. The molecule has 1 aliphatic carbocycles. The van der Waals surface area contributed by atoms with Gasteiger partial charge >= 0.3 is 12.1 Å². The Morgan fingerprint density at radius 3 is 2.28 bits per heavy atom. The van der Waals surface area contributed by atoms with E-state index in [0.717, 1.165) is 51.0 Å². The average Bonchev–Trinajstić information content (AvgIpc) is 3.90. The molecule has 0 bridgehead atoms. The van der Waals surface area contributed by atoms with Crippen molar-refractivity contribution in [1.29, 1.82) is 0 Å². The molecule has 6 rings (SSSR count). The number of oxime groups is 1. The predicted octanol–water partition coefficient (Wildman–Crippen LogP) is 10.3. The summed E-state index contributed by atoms with van der Waals surface area (Å²) in [6, 6.07) is 6.34. The first kappa shape index (κ1) is 41.9. The molecule has 2 aliphatic rings. The minimum Gasteiger partial charge on any atom is -0.463 e. The molecule has 1 saturated heterocycles. The molecule has 3 heterocycles. The Bertz CT molecular complexity index is 2210. The molecular weight excluding hydrogens is 743 g/mol. The van der Waals surface area contributed by atoms with E-state index in [4.69, 9.17) is 14.3 Å². The molecule has 304 valence electrons. The van der Waals surface area contributed by atoms with Crippen LogP contribution in [0.2, 0.25) is 16.6 Å². The quantitative estimate of drug-likeness (QED) is 0.0907. The van der Waals surface area contributed by atoms with Gasteiger partial charge in [-0.1, -0.05) is 58.7 Å². The van der Waals surface area contributed by atoms with E-state index in [9.17, 15) is 4.79 Å². The second-order valence-electron chi connectivity index (χ2n) is 17.6. The smallest absolute Gasteiger partial charge is 0.412 e. The molecule has 1 N–H and O–H groups in total. The van der Waals surface area contributed by atoms with Crippen LogP contribution in [0.5, 0.6) is 6.01 Å². The highest BCUT2D eigenvalue weighted by molar-refractivity contribution is 6.90. The fourth-order valence-corrected chi connectivity index (χ4v) is 13.7. The molecule has 2 aromatic carbocycles. The molecule has 2 aromatic heterocycles. The summed E-state index contributed by atoms with van der Waals surface area (Å²) in [7, 11) is -0.721. The van der Waals surface area contributed by atoms with Crippen LogP contribution in [0.25, 0.3) is 32.9 Å². The van der Waals surface area contributed by atoms with E-state index >= 15 is 8.78 Å². The number of ether oxygens (including phenoxy) is 2. The molecule has 1 aliphatic heterocycles. The molecule has 1 amide bonds. The molecule has 13 heteroatoms. The number of aromatic nitrogens is 3. The van der Waals surface area contributed by atoms with Gasteiger partial charge < -0.3 is 19.2 Å². The van der Waals surface area contributed by atoms with E-state index < -0.39 is 31.4 Å². The van der Waals surface area contributed by atoms with Crippen LogP contribution >= 0.6 is 0 Å². The fourth-order valence-electron chi connectivity index (χ4n) is 8.46. The molecular formula is C44H56F2N6O4Si. The lowest BCUT2D eigenvalue weighted by molar-refractivity contribution is 0.0636. The Labute approximate surface area is 336 Å². The van der Waals surface area contributed by atoms with Crippen LogP contribution < -0.4 is 10.1 Å². The van der Waals surface area contributed by atoms with Crippen LogP contribution in [0.3, 0.4) is 0 Å². The zero-order valence-corrected chi connectivity index (χ0v) is 36.0. The number of fused-ring (bicyclic) bond motifs is 2. The summed E-state index contributed by atoms with van der Waals surface area (Å²) in [5.74, 6) is 2.05. The number of hydrogen-bond acceptors (Lipinski definition) is 9. The third-order valence-electron chi connectivity index (χ3n) is 11.5. The van der Waals surface area contributed by atoms with Gasteiger partial charge in [-0.15, -0.1) is 5.54 Å². The summed E-state index contributed by atoms with van der Waals surface area (Å²) in [6.45, 7) is 21.6. The van der Waals surface area contributed by atoms with Gasteiger partial charge in [0.05, 0.1) is 17.9 Å². The fraction of sp³-hybridized carbons (Fsp3) is 0.523. The van der Waals surface area contributed by atoms with Crippen LogP contribution in [0.15, 0.2) is 41.8 Å². The number of carbonyl (C=O) groups is 1. The van der Waals surface area contributed by atoms with Crippen LogP contribution in [0.4, 0.5) is 19.3 Å². The van der Waals surface area contributed by atoms with Gasteiger partial charge in [-0.3, -0.25) is 10.3 Å². The van der Waals surface area contributed by atoms with Gasteiger partial charge in [0.2, 0.25) is 0 Å². The van der Waals surface area contributed by atoms with Gasteiger partial charge in [0.25, 0.3) is 0 Å². The molecule has 57 heavy (non-hydrogen) atoms. The zero-order valence-electron chi connectivity index (χ0n) is 35.0. The van der Waals surface area contributed by atoms with Crippen molar-refractivity contribution >= 4 is 47.2 Å². The third-order valence-corrected chi connectivity index (χ3v) is 17.7. The Kier molecular flexibility index (Phi) is 12.3. The van der Waals surface area contributed by atoms with Crippen molar-refractivity contribution in [3.05, 3.63) is 53.9 Å². The average molecular weight is 799 g/mol. The topological polar surface area (TPSA) is 111 Å². The number of carbonyl (C=O) groups excluding carboxylic acids is 1. The van der Waals surface area contributed by atoms with Gasteiger partial charge in [-0.2, -0.15) is 4.98 Å². The lowest BCUT2D eigenvalue weighted by Gasteiger charge is -2.38. The second-order valence-corrected chi connectivity index (χ2v) is 23.2. The molecule has 0 spiro atoms. The lowest BCUT2D eigenvalue weighted by atomic mass is 9.95. The van der Waals surface area contributed by atoms with Crippen LogP contribution in [0, 0.1) is 28.5 Å². The van der Waals surface area contributed by atoms with Gasteiger partial charge in [0.1, 0.15) is 37.8 Å². The Morgan fingerprint density at radius 1 is 1.00 bits per heavy atom. The number of benzene rings is 2. The summed E-state index contributed by atoms with van der Waals surface area (Å²) < 4.78 is 44.8. The standard InChI is InChI=1S/C44H56F2N6O4Si/c1-27(2)57(28(3)4,29(5)6)20-15-34-36(45)12-11-30-21-33(49-42(53)56-43(7,8)9)22-35(37(30)34)40-38(46)39-31(23-47-40)24-48-41(50-39)55-26-44(16-17-44)25-52-18-13-32(14-19-52)51-54-10/h11-12,21-24,27-29H,13-14,16-19,25-26H2,1-10H3,(H,49,53). The van der Waals surface area contributed by atoms with Crippen LogP contribution in [-0.2, 0) is 9.57 Å². The number of piperidine rings is 1. The third kappa shape index (κ3) is 9.23. The zero-order chi connectivity index (χ0) is 41.3. The van der Waals surface area contributed by atoms with Crippen LogP contribution in [0.1, 0.15) is 93.6 Å². The molecule has 2 fully saturated rings.